The van der Waals surface area contributed by atoms with E-state index >= 15 is 0 Å². The Bertz CT molecular complexity index is 1110. The van der Waals surface area contributed by atoms with Crippen molar-refractivity contribution in [3.05, 3.63) is 70.2 Å². The van der Waals surface area contributed by atoms with Gasteiger partial charge in [-0.05, 0) is 17.7 Å². The number of aromatic nitrogens is 3. The van der Waals surface area contributed by atoms with Gasteiger partial charge in [-0.25, -0.2) is 4.98 Å². The summed E-state index contributed by atoms with van der Waals surface area (Å²) in [7, 11) is 0. The van der Waals surface area contributed by atoms with Gasteiger partial charge >= 0.3 is 0 Å². The number of nitrogens with one attached hydrogen (secondary N) is 1. The summed E-state index contributed by atoms with van der Waals surface area (Å²) in [6.07, 6.45) is 11.0. The molecule has 1 aliphatic heterocycles. The number of rotatable bonds is 0. The second-order valence-electron chi connectivity index (χ2n) is 5.89. The van der Waals surface area contributed by atoms with Crippen LogP contribution in [0.15, 0.2) is 53.5 Å². The van der Waals surface area contributed by atoms with Crippen LogP contribution in [0.5, 0.6) is 0 Å². The molecule has 6 nitrogen and oxygen atoms in total. The number of pyridine rings is 1. The SMILES string of the molecule is C#Cc1cc(=O)n2c3nc(ncc13)Nc1cccc(c1)COC/C=C\C2. The second-order valence-corrected chi connectivity index (χ2v) is 5.89. The van der Waals surface area contributed by atoms with Gasteiger partial charge in [-0.2, -0.15) is 4.98 Å². The maximum absolute atomic E-state index is 12.5. The molecule has 0 unspecified atom stereocenters. The van der Waals surface area contributed by atoms with Crippen molar-refractivity contribution >= 4 is 22.7 Å². The molecule has 3 heterocycles. The topological polar surface area (TPSA) is 69.0 Å². The van der Waals surface area contributed by atoms with Crippen LogP contribution < -0.4 is 10.9 Å². The molecule has 0 amide bonds. The highest BCUT2D eigenvalue weighted by Crippen LogP contribution is 2.19. The van der Waals surface area contributed by atoms with E-state index in [0.717, 1.165) is 11.3 Å². The van der Waals surface area contributed by atoms with Gasteiger partial charge in [0.25, 0.3) is 5.56 Å². The lowest BCUT2D eigenvalue weighted by Crippen LogP contribution is -2.21. The van der Waals surface area contributed by atoms with Crippen LogP contribution >= 0.6 is 0 Å². The minimum Gasteiger partial charge on any atom is -0.373 e. The van der Waals surface area contributed by atoms with Gasteiger partial charge in [0.1, 0.15) is 5.65 Å². The molecule has 128 valence electrons. The van der Waals surface area contributed by atoms with Gasteiger partial charge in [0.15, 0.2) is 0 Å². The van der Waals surface area contributed by atoms with Crippen molar-refractivity contribution in [1.82, 2.24) is 14.5 Å². The fourth-order valence-electron chi connectivity index (χ4n) is 2.87. The number of fused-ring (bicyclic) bond motifs is 3. The third-order valence-corrected chi connectivity index (χ3v) is 4.12. The smallest absolute Gasteiger partial charge is 0.253 e. The summed E-state index contributed by atoms with van der Waals surface area (Å²) in [5.41, 5.74) is 2.69. The Morgan fingerprint density at radius 2 is 2.19 bits per heavy atom. The van der Waals surface area contributed by atoms with E-state index < -0.39 is 0 Å². The Balaban J connectivity index is 1.91. The molecule has 0 aliphatic carbocycles. The molecule has 0 spiro atoms. The van der Waals surface area contributed by atoms with Crippen LogP contribution in [-0.4, -0.2) is 21.1 Å². The molecule has 26 heavy (non-hydrogen) atoms. The molecule has 0 fully saturated rings. The molecule has 0 atom stereocenters. The zero-order valence-corrected chi connectivity index (χ0v) is 14.0. The van der Waals surface area contributed by atoms with Crippen molar-refractivity contribution in [3.63, 3.8) is 0 Å². The number of hydrogen-bond acceptors (Lipinski definition) is 5. The van der Waals surface area contributed by atoms with E-state index in [0.29, 0.717) is 42.3 Å². The van der Waals surface area contributed by atoms with Crippen molar-refractivity contribution < 1.29 is 4.74 Å². The van der Waals surface area contributed by atoms with Crippen molar-refractivity contribution in [2.24, 2.45) is 0 Å². The van der Waals surface area contributed by atoms with E-state index in [4.69, 9.17) is 11.2 Å². The van der Waals surface area contributed by atoms with Gasteiger partial charge in [-0.1, -0.05) is 30.2 Å². The molecule has 0 radical (unpaired) electrons. The zero-order valence-electron chi connectivity index (χ0n) is 14.0. The minimum absolute atomic E-state index is 0.199. The predicted molar refractivity (Wildman–Crippen MR) is 100 cm³/mol. The van der Waals surface area contributed by atoms with E-state index in [-0.39, 0.29) is 5.56 Å². The number of terminal acetylenes is 1. The Labute approximate surface area is 150 Å². The summed E-state index contributed by atoms with van der Waals surface area (Å²) in [4.78, 5) is 21.4. The van der Waals surface area contributed by atoms with Gasteiger partial charge in [0.2, 0.25) is 5.95 Å². The average molecular weight is 344 g/mol. The molecular weight excluding hydrogens is 328 g/mol. The lowest BCUT2D eigenvalue weighted by Gasteiger charge is -2.12. The number of nitrogens with zero attached hydrogens (tertiary/aromatic N) is 3. The third-order valence-electron chi connectivity index (χ3n) is 4.12. The van der Waals surface area contributed by atoms with Crippen molar-refractivity contribution in [1.29, 1.82) is 0 Å². The Kier molecular flexibility index (Phi) is 4.22. The molecule has 1 aromatic carbocycles. The second kappa shape index (κ2) is 6.82. The summed E-state index contributed by atoms with van der Waals surface area (Å²) in [5.74, 6) is 2.94. The lowest BCUT2D eigenvalue weighted by molar-refractivity contribution is 0.148. The van der Waals surface area contributed by atoms with Crippen LogP contribution in [0, 0.1) is 12.3 Å². The Morgan fingerprint density at radius 1 is 1.27 bits per heavy atom. The molecule has 4 bridgehead atoms. The predicted octanol–water partition coefficient (Wildman–Crippen LogP) is 2.60. The first-order valence-electron chi connectivity index (χ1n) is 8.20. The quantitative estimate of drug-likeness (QED) is 0.501. The highest BCUT2D eigenvalue weighted by Gasteiger charge is 2.11. The fourth-order valence-corrected chi connectivity index (χ4v) is 2.87. The highest BCUT2D eigenvalue weighted by molar-refractivity contribution is 5.82. The molecule has 1 N–H and O–H groups in total. The highest BCUT2D eigenvalue weighted by atomic mass is 16.5. The van der Waals surface area contributed by atoms with Crippen molar-refractivity contribution in [3.8, 4) is 12.3 Å². The number of benzene rings is 1. The van der Waals surface area contributed by atoms with Crippen molar-refractivity contribution in [2.45, 2.75) is 13.2 Å². The molecule has 6 heteroatoms. The van der Waals surface area contributed by atoms with Crippen LogP contribution in [0.2, 0.25) is 0 Å². The molecule has 4 rings (SSSR count). The maximum Gasteiger partial charge on any atom is 0.253 e. The summed E-state index contributed by atoms with van der Waals surface area (Å²) in [5, 5.41) is 3.85. The molecular formula is C20H16N4O2. The van der Waals surface area contributed by atoms with Crippen LogP contribution in [0.3, 0.4) is 0 Å². The Hall–Kier alpha value is -3.43. The van der Waals surface area contributed by atoms with Gasteiger partial charge in [-0.3, -0.25) is 9.36 Å². The minimum atomic E-state index is -0.199. The normalized spacial score (nSPS) is 15.0. The molecule has 0 saturated heterocycles. The largest absolute Gasteiger partial charge is 0.373 e. The average Bonchev–Trinajstić information content (AvgIpc) is 2.65. The molecule has 3 aromatic rings. The van der Waals surface area contributed by atoms with Gasteiger partial charge < -0.3 is 10.1 Å². The summed E-state index contributed by atoms with van der Waals surface area (Å²) < 4.78 is 7.22. The fraction of sp³-hybridized carbons (Fsp3) is 0.150. The van der Waals surface area contributed by atoms with Crippen LogP contribution in [0.4, 0.5) is 11.6 Å². The lowest BCUT2D eigenvalue weighted by atomic mass is 10.2. The first-order chi connectivity index (χ1) is 12.7. The monoisotopic (exact) mass is 344 g/mol. The van der Waals surface area contributed by atoms with Gasteiger partial charge in [-0.15, -0.1) is 6.42 Å². The van der Waals surface area contributed by atoms with Crippen molar-refractivity contribution in [2.75, 3.05) is 11.9 Å². The van der Waals surface area contributed by atoms with E-state index in [9.17, 15) is 4.79 Å². The van der Waals surface area contributed by atoms with Gasteiger partial charge in [0, 0.05) is 30.1 Å². The van der Waals surface area contributed by atoms with Crippen LogP contribution in [0.1, 0.15) is 11.1 Å². The van der Waals surface area contributed by atoms with Gasteiger partial charge in [0.05, 0.1) is 18.6 Å². The van der Waals surface area contributed by atoms with E-state index in [2.05, 4.69) is 21.2 Å². The number of hydrogen-bond donors (Lipinski definition) is 1. The molecule has 1 aliphatic rings. The number of allylic oxidation sites excluding steroid dienone is 1. The summed E-state index contributed by atoms with van der Waals surface area (Å²) in [6, 6.07) is 9.28. The Morgan fingerprint density at radius 3 is 3.08 bits per heavy atom. The first kappa shape index (κ1) is 16.1. The van der Waals surface area contributed by atoms with Crippen LogP contribution in [-0.2, 0) is 17.9 Å². The third kappa shape index (κ3) is 3.08. The summed E-state index contributed by atoms with van der Waals surface area (Å²) in [6.45, 7) is 1.35. The number of anilines is 2. The molecule has 2 aromatic heterocycles. The van der Waals surface area contributed by atoms with E-state index in [1.54, 1.807) is 10.8 Å². The zero-order chi connectivity index (χ0) is 17.9. The van der Waals surface area contributed by atoms with E-state index in [1.807, 2.05) is 36.4 Å². The first-order valence-corrected chi connectivity index (χ1v) is 8.20. The summed E-state index contributed by atoms with van der Waals surface area (Å²) >= 11 is 0. The van der Waals surface area contributed by atoms with Crippen LogP contribution in [0.25, 0.3) is 11.0 Å². The number of ether oxygens (including phenoxy) is 1. The van der Waals surface area contributed by atoms with E-state index in [1.165, 1.54) is 6.07 Å². The standard InChI is InChI=1S/C20H16N4O2/c1-2-15-11-18(25)24-8-3-4-9-26-13-14-6-5-7-16(10-14)22-20-21-12-17(15)19(24)23-20/h1,3-7,10-12H,8-9,13H2,(H,21,22,23)/b4-3-. The molecule has 0 saturated carbocycles. The maximum atomic E-state index is 12.5.